The number of methoxy groups -OCH3 is 2. The molecule has 0 bridgehead atoms. The molecule has 0 atom stereocenters. The molecule has 1 aliphatic heterocycles. The van der Waals surface area contributed by atoms with Crippen LogP contribution < -0.4 is 19.9 Å². The van der Waals surface area contributed by atoms with Crippen molar-refractivity contribution in [1.82, 2.24) is 19.5 Å². The van der Waals surface area contributed by atoms with Gasteiger partial charge in [0.05, 0.1) is 26.1 Å². The van der Waals surface area contributed by atoms with Gasteiger partial charge in [-0.25, -0.2) is 4.98 Å². The number of aromatic nitrogens is 3. The Morgan fingerprint density at radius 3 is 2.58 bits per heavy atom. The Bertz CT molecular complexity index is 1760. The van der Waals surface area contributed by atoms with Crippen LogP contribution in [0.4, 0.5) is 5.69 Å². The fourth-order valence-electron chi connectivity index (χ4n) is 5.35. The summed E-state index contributed by atoms with van der Waals surface area (Å²) < 4.78 is 12.5. The molecule has 9 nitrogen and oxygen atoms in total. The van der Waals surface area contributed by atoms with Crippen LogP contribution in [0.1, 0.15) is 16.7 Å². The van der Waals surface area contributed by atoms with Crippen LogP contribution >= 0.6 is 0 Å². The number of para-hydroxylation sites is 2. The normalized spacial score (nSPS) is 14.4. The van der Waals surface area contributed by atoms with Crippen molar-refractivity contribution in [2.75, 3.05) is 45.3 Å². The largest absolute Gasteiger partial charge is 0.496 e. The zero-order valence-corrected chi connectivity index (χ0v) is 22.9. The van der Waals surface area contributed by atoms with Crippen LogP contribution in [-0.4, -0.2) is 66.2 Å². The summed E-state index contributed by atoms with van der Waals surface area (Å²) in [6.07, 6.45) is 3.16. The molecule has 3 aromatic carbocycles. The molecule has 5 aromatic rings. The van der Waals surface area contributed by atoms with Gasteiger partial charge in [-0.2, -0.15) is 9.78 Å². The zero-order chi connectivity index (χ0) is 27.6. The Labute approximate surface area is 232 Å². The Morgan fingerprint density at radius 2 is 1.77 bits per heavy atom. The number of piperazine rings is 1. The van der Waals surface area contributed by atoms with Gasteiger partial charge in [-0.15, -0.1) is 0 Å². The summed E-state index contributed by atoms with van der Waals surface area (Å²) in [6, 6.07) is 20.1. The first-order valence-electron chi connectivity index (χ1n) is 13.4. The van der Waals surface area contributed by atoms with Crippen molar-refractivity contribution in [3.63, 3.8) is 0 Å². The van der Waals surface area contributed by atoms with Crippen molar-refractivity contribution in [2.24, 2.45) is 5.10 Å². The SMILES string of the molecule is COc1ccc(/C=N\n2cnc3c([nH]c4ccc(C)cc43)c2=O)cc1CN1CCN(c2ccccc2OC)CC1. The lowest BCUT2D eigenvalue weighted by Gasteiger charge is -2.36. The second-order valence-electron chi connectivity index (χ2n) is 10.0. The number of ether oxygens (including phenoxy) is 2. The molecule has 1 aliphatic rings. The number of nitrogens with one attached hydrogen (secondary N) is 1. The van der Waals surface area contributed by atoms with Crippen molar-refractivity contribution in [2.45, 2.75) is 13.5 Å². The smallest absolute Gasteiger partial charge is 0.298 e. The molecule has 9 heteroatoms. The van der Waals surface area contributed by atoms with Crippen LogP contribution in [0.25, 0.3) is 21.9 Å². The van der Waals surface area contributed by atoms with Crippen LogP contribution in [0.5, 0.6) is 11.5 Å². The maximum atomic E-state index is 13.1. The highest BCUT2D eigenvalue weighted by Crippen LogP contribution is 2.29. The lowest BCUT2D eigenvalue weighted by Crippen LogP contribution is -2.46. The number of hydrogen-bond donors (Lipinski definition) is 1. The highest BCUT2D eigenvalue weighted by molar-refractivity contribution is 6.04. The number of rotatable bonds is 7. The van der Waals surface area contributed by atoms with Crippen molar-refractivity contribution in [3.05, 3.63) is 94.0 Å². The number of H-pyrrole nitrogens is 1. The zero-order valence-electron chi connectivity index (χ0n) is 22.9. The van der Waals surface area contributed by atoms with E-state index in [1.54, 1.807) is 20.4 Å². The van der Waals surface area contributed by atoms with E-state index < -0.39 is 0 Å². The topological polar surface area (TPSA) is 88.0 Å². The number of hydrogen-bond acceptors (Lipinski definition) is 7. The standard InChI is InChI=1S/C31H32N6O3/c1-21-8-10-25-24(16-21)29-30(34-25)31(38)37(20-32-29)33-18-22-9-11-27(39-2)23(17-22)19-35-12-14-36(15-13-35)26-6-4-5-7-28(26)40-3/h4-11,16-18,20,34H,12-15,19H2,1-3H3/b33-18-. The van der Waals surface area contributed by atoms with Gasteiger partial charge >= 0.3 is 0 Å². The second kappa shape index (κ2) is 10.9. The predicted octanol–water partition coefficient (Wildman–Crippen LogP) is 4.41. The summed E-state index contributed by atoms with van der Waals surface area (Å²) in [7, 11) is 3.40. The molecule has 0 unspecified atom stereocenters. The van der Waals surface area contributed by atoms with Crippen LogP contribution in [-0.2, 0) is 6.54 Å². The van der Waals surface area contributed by atoms with E-state index in [1.165, 1.54) is 11.0 Å². The van der Waals surface area contributed by atoms with E-state index >= 15 is 0 Å². The van der Waals surface area contributed by atoms with Crippen molar-refractivity contribution >= 4 is 33.8 Å². The molecular weight excluding hydrogens is 504 g/mol. The molecule has 204 valence electrons. The number of benzene rings is 3. The van der Waals surface area contributed by atoms with E-state index in [0.29, 0.717) is 11.0 Å². The molecule has 3 heterocycles. The Hall–Kier alpha value is -4.63. The molecular formula is C31H32N6O3. The summed E-state index contributed by atoms with van der Waals surface area (Å²) >= 11 is 0. The number of anilines is 1. The summed E-state index contributed by atoms with van der Waals surface area (Å²) in [5, 5.41) is 5.38. The van der Waals surface area contributed by atoms with Gasteiger partial charge in [0.1, 0.15) is 28.9 Å². The van der Waals surface area contributed by atoms with E-state index in [4.69, 9.17) is 9.47 Å². The third-order valence-corrected chi connectivity index (χ3v) is 7.47. The molecule has 2 aromatic heterocycles. The van der Waals surface area contributed by atoms with Gasteiger partial charge in [-0.1, -0.05) is 23.8 Å². The predicted molar refractivity (Wildman–Crippen MR) is 159 cm³/mol. The van der Waals surface area contributed by atoms with E-state index in [-0.39, 0.29) is 5.56 Å². The number of fused-ring (bicyclic) bond motifs is 3. The van der Waals surface area contributed by atoms with Gasteiger partial charge in [0, 0.05) is 49.2 Å². The first-order chi connectivity index (χ1) is 19.5. The van der Waals surface area contributed by atoms with Crippen molar-refractivity contribution < 1.29 is 9.47 Å². The number of aromatic amines is 1. The molecule has 0 radical (unpaired) electrons. The molecule has 40 heavy (non-hydrogen) atoms. The maximum absolute atomic E-state index is 13.1. The highest BCUT2D eigenvalue weighted by atomic mass is 16.5. The van der Waals surface area contributed by atoms with Crippen molar-refractivity contribution in [3.8, 4) is 11.5 Å². The van der Waals surface area contributed by atoms with Gasteiger partial charge < -0.3 is 19.4 Å². The third-order valence-electron chi connectivity index (χ3n) is 7.47. The number of aryl methyl sites for hydroxylation is 1. The van der Waals surface area contributed by atoms with Crippen LogP contribution in [0.3, 0.4) is 0 Å². The van der Waals surface area contributed by atoms with Crippen LogP contribution in [0.15, 0.2) is 76.9 Å². The van der Waals surface area contributed by atoms with E-state index in [0.717, 1.165) is 77.5 Å². The van der Waals surface area contributed by atoms with E-state index in [2.05, 4.69) is 37.0 Å². The average Bonchev–Trinajstić information content (AvgIpc) is 3.36. The monoisotopic (exact) mass is 536 g/mol. The summed E-state index contributed by atoms with van der Waals surface area (Å²) in [6.45, 7) is 6.45. The lowest BCUT2D eigenvalue weighted by atomic mass is 10.1. The molecule has 1 saturated heterocycles. The molecule has 0 amide bonds. The van der Waals surface area contributed by atoms with E-state index in [1.807, 2.05) is 55.5 Å². The summed E-state index contributed by atoms with van der Waals surface area (Å²) in [5.41, 5.74) is 5.95. The van der Waals surface area contributed by atoms with Crippen LogP contribution in [0, 0.1) is 6.92 Å². The van der Waals surface area contributed by atoms with Gasteiger partial charge in [-0.3, -0.25) is 9.69 Å². The second-order valence-corrected chi connectivity index (χ2v) is 10.0. The Morgan fingerprint density at radius 1 is 0.975 bits per heavy atom. The first-order valence-corrected chi connectivity index (χ1v) is 13.4. The minimum Gasteiger partial charge on any atom is -0.496 e. The minimum atomic E-state index is -0.239. The lowest BCUT2D eigenvalue weighted by molar-refractivity contribution is 0.245. The molecule has 0 saturated carbocycles. The summed E-state index contributed by atoms with van der Waals surface area (Å²) in [4.78, 5) is 25.7. The van der Waals surface area contributed by atoms with Crippen LogP contribution in [0.2, 0.25) is 0 Å². The molecule has 0 spiro atoms. The first kappa shape index (κ1) is 25.6. The Kier molecular flexibility index (Phi) is 6.96. The van der Waals surface area contributed by atoms with Gasteiger partial charge in [-0.05, 0) is 55.0 Å². The molecule has 0 aliphatic carbocycles. The molecule has 6 rings (SSSR count). The third kappa shape index (κ3) is 4.91. The van der Waals surface area contributed by atoms with Gasteiger partial charge in [0.2, 0.25) is 0 Å². The Balaban J connectivity index is 1.19. The average molecular weight is 537 g/mol. The fraction of sp³-hybridized carbons (Fsp3) is 0.258. The summed E-state index contributed by atoms with van der Waals surface area (Å²) in [5.74, 6) is 1.73. The minimum absolute atomic E-state index is 0.239. The highest BCUT2D eigenvalue weighted by Gasteiger charge is 2.20. The molecule has 1 fully saturated rings. The maximum Gasteiger partial charge on any atom is 0.298 e. The van der Waals surface area contributed by atoms with Gasteiger partial charge in [0.25, 0.3) is 5.56 Å². The molecule has 1 N–H and O–H groups in total. The number of nitrogens with zero attached hydrogens (tertiary/aromatic N) is 5. The fourth-order valence-corrected chi connectivity index (χ4v) is 5.35. The van der Waals surface area contributed by atoms with Crippen molar-refractivity contribution in [1.29, 1.82) is 0 Å². The quantitative estimate of drug-likeness (QED) is 0.310. The van der Waals surface area contributed by atoms with E-state index in [9.17, 15) is 4.79 Å². The van der Waals surface area contributed by atoms with Gasteiger partial charge in [0.15, 0.2) is 0 Å².